The molecule has 0 saturated heterocycles. The Morgan fingerprint density at radius 1 is 1.22 bits per heavy atom. The highest BCUT2D eigenvalue weighted by atomic mass is 32.2. The first kappa shape index (κ1) is 13.3. The standard InChI is InChI=1S/C12H18N4OS/c1-2-3-4-5-6-18-12-10-11(13-7-14-12)16(9-17)8-15-10/h7-8,17H,2-6,9H2,1H3. The summed E-state index contributed by atoms with van der Waals surface area (Å²) in [4.78, 5) is 12.7. The van der Waals surface area contributed by atoms with Gasteiger partial charge in [0.05, 0.1) is 6.33 Å². The Bertz CT molecular complexity index is 500. The van der Waals surface area contributed by atoms with Gasteiger partial charge in [-0.1, -0.05) is 26.2 Å². The topological polar surface area (TPSA) is 63.8 Å². The fourth-order valence-corrected chi connectivity index (χ4v) is 2.71. The summed E-state index contributed by atoms with van der Waals surface area (Å²) in [6.45, 7) is 2.11. The molecule has 98 valence electrons. The number of unbranched alkanes of at least 4 members (excludes halogenated alkanes) is 3. The molecule has 0 spiro atoms. The summed E-state index contributed by atoms with van der Waals surface area (Å²) < 4.78 is 1.61. The predicted molar refractivity (Wildman–Crippen MR) is 72.4 cm³/mol. The van der Waals surface area contributed by atoms with E-state index in [2.05, 4.69) is 21.9 Å². The monoisotopic (exact) mass is 266 g/mol. The molecule has 2 aromatic heterocycles. The van der Waals surface area contributed by atoms with E-state index in [1.54, 1.807) is 22.7 Å². The van der Waals surface area contributed by atoms with E-state index in [1.807, 2.05) is 0 Å². The molecule has 0 aliphatic rings. The molecule has 0 unspecified atom stereocenters. The van der Waals surface area contributed by atoms with Crippen LogP contribution in [-0.2, 0) is 6.73 Å². The molecule has 0 fully saturated rings. The lowest BCUT2D eigenvalue weighted by Crippen LogP contribution is -1.96. The largest absolute Gasteiger partial charge is 0.376 e. The number of hydrogen-bond donors (Lipinski definition) is 1. The number of rotatable bonds is 7. The van der Waals surface area contributed by atoms with E-state index in [9.17, 15) is 0 Å². The van der Waals surface area contributed by atoms with Crippen molar-refractivity contribution in [1.82, 2.24) is 19.5 Å². The molecule has 0 saturated carbocycles. The lowest BCUT2D eigenvalue weighted by atomic mass is 10.2. The van der Waals surface area contributed by atoms with Gasteiger partial charge >= 0.3 is 0 Å². The van der Waals surface area contributed by atoms with Crippen LogP contribution in [0.15, 0.2) is 17.7 Å². The van der Waals surface area contributed by atoms with Crippen molar-refractivity contribution >= 4 is 22.9 Å². The molecule has 0 amide bonds. The van der Waals surface area contributed by atoms with Crippen molar-refractivity contribution in [2.45, 2.75) is 44.4 Å². The van der Waals surface area contributed by atoms with E-state index in [4.69, 9.17) is 5.11 Å². The van der Waals surface area contributed by atoms with Crippen molar-refractivity contribution < 1.29 is 5.11 Å². The number of imidazole rings is 1. The van der Waals surface area contributed by atoms with Crippen molar-refractivity contribution in [3.8, 4) is 0 Å². The normalized spacial score (nSPS) is 11.2. The van der Waals surface area contributed by atoms with Crippen molar-refractivity contribution in [1.29, 1.82) is 0 Å². The van der Waals surface area contributed by atoms with E-state index < -0.39 is 0 Å². The van der Waals surface area contributed by atoms with Gasteiger partial charge < -0.3 is 5.11 Å². The van der Waals surface area contributed by atoms with Gasteiger partial charge in [0.2, 0.25) is 0 Å². The number of nitrogens with zero attached hydrogens (tertiary/aromatic N) is 4. The summed E-state index contributed by atoms with van der Waals surface area (Å²) in [7, 11) is 0. The molecule has 0 aromatic carbocycles. The summed E-state index contributed by atoms with van der Waals surface area (Å²) >= 11 is 1.72. The third-order valence-corrected chi connectivity index (χ3v) is 3.82. The minimum absolute atomic E-state index is 0.103. The lowest BCUT2D eigenvalue weighted by molar-refractivity contribution is 0.214. The van der Waals surface area contributed by atoms with Crippen LogP contribution in [0.5, 0.6) is 0 Å². The third kappa shape index (κ3) is 3.00. The van der Waals surface area contributed by atoms with Gasteiger partial charge in [0.25, 0.3) is 0 Å². The second-order valence-corrected chi connectivity index (χ2v) is 5.20. The van der Waals surface area contributed by atoms with Crippen molar-refractivity contribution in [2.75, 3.05) is 5.75 Å². The van der Waals surface area contributed by atoms with Gasteiger partial charge in [-0.15, -0.1) is 11.8 Å². The first-order valence-electron chi connectivity index (χ1n) is 6.26. The quantitative estimate of drug-likeness (QED) is 0.474. The molecule has 1 N–H and O–H groups in total. The van der Waals surface area contributed by atoms with Gasteiger partial charge in [0.15, 0.2) is 5.65 Å². The van der Waals surface area contributed by atoms with Crippen LogP contribution in [0, 0.1) is 0 Å². The summed E-state index contributed by atoms with van der Waals surface area (Å²) in [6, 6.07) is 0. The maximum Gasteiger partial charge on any atom is 0.166 e. The van der Waals surface area contributed by atoms with E-state index in [-0.39, 0.29) is 6.73 Å². The van der Waals surface area contributed by atoms with Gasteiger partial charge in [-0.3, -0.25) is 4.57 Å². The van der Waals surface area contributed by atoms with Crippen LogP contribution in [0.2, 0.25) is 0 Å². The van der Waals surface area contributed by atoms with Crippen LogP contribution in [0.4, 0.5) is 0 Å². The first-order valence-corrected chi connectivity index (χ1v) is 7.25. The van der Waals surface area contributed by atoms with Crippen LogP contribution >= 0.6 is 11.8 Å². The molecule has 0 radical (unpaired) electrons. The number of aliphatic hydroxyl groups is 1. The van der Waals surface area contributed by atoms with Crippen LogP contribution in [-0.4, -0.2) is 30.4 Å². The predicted octanol–water partition coefficient (Wildman–Crippen LogP) is 2.45. The van der Waals surface area contributed by atoms with Crippen LogP contribution < -0.4 is 0 Å². The molecule has 0 bridgehead atoms. The molecule has 0 atom stereocenters. The van der Waals surface area contributed by atoms with E-state index >= 15 is 0 Å². The fraction of sp³-hybridized carbons (Fsp3) is 0.583. The van der Waals surface area contributed by atoms with Gasteiger partial charge in [-0.2, -0.15) is 0 Å². The van der Waals surface area contributed by atoms with E-state index in [0.29, 0.717) is 5.65 Å². The first-order chi connectivity index (χ1) is 8.86. The third-order valence-electron chi connectivity index (χ3n) is 2.76. The van der Waals surface area contributed by atoms with Gasteiger partial charge in [-0.05, 0) is 12.2 Å². The average Bonchev–Trinajstić information content (AvgIpc) is 2.82. The molecule has 2 heterocycles. The van der Waals surface area contributed by atoms with Crippen LogP contribution in [0.1, 0.15) is 32.6 Å². The molecule has 5 nitrogen and oxygen atoms in total. The summed E-state index contributed by atoms with van der Waals surface area (Å²) in [5.41, 5.74) is 1.48. The van der Waals surface area contributed by atoms with Crippen molar-refractivity contribution in [3.63, 3.8) is 0 Å². The summed E-state index contributed by atoms with van der Waals surface area (Å²) in [5, 5.41) is 10.1. The minimum Gasteiger partial charge on any atom is -0.376 e. The minimum atomic E-state index is -0.103. The van der Waals surface area contributed by atoms with Gasteiger partial charge in [-0.25, -0.2) is 15.0 Å². The molecule has 6 heteroatoms. The Labute approximate surface area is 111 Å². The van der Waals surface area contributed by atoms with Crippen molar-refractivity contribution in [2.24, 2.45) is 0 Å². The Kier molecular flexibility index (Phi) is 4.95. The molecular weight excluding hydrogens is 248 g/mol. The second kappa shape index (κ2) is 6.70. The Hall–Kier alpha value is -1.14. The van der Waals surface area contributed by atoms with E-state index in [0.717, 1.165) is 16.3 Å². The highest BCUT2D eigenvalue weighted by Crippen LogP contribution is 2.24. The van der Waals surface area contributed by atoms with Crippen molar-refractivity contribution in [3.05, 3.63) is 12.7 Å². The lowest BCUT2D eigenvalue weighted by Gasteiger charge is -2.02. The molecular formula is C12H18N4OS. The second-order valence-electron chi connectivity index (χ2n) is 4.12. The maximum atomic E-state index is 9.14. The highest BCUT2D eigenvalue weighted by molar-refractivity contribution is 7.99. The molecule has 18 heavy (non-hydrogen) atoms. The zero-order valence-electron chi connectivity index (χ0n) is 10.5. The smallest absolute Gasteiger partial charge is 0.166 e. The number of aromatic nitrogens is 4. The van der Waals surface area contributed by atoms with Gasteiger partial charge in [0.1, 0.15) is 23.6 Å². The number of thioether (sulfide) groups is 1. The Balaban J connectivity index is 2.02. The fourth-order valence-electron chi connectivity index (χ4n) is 1.77. The SMILES string of the molecule is CCCCCCSc1ncnc2c1ncn2CO. The molecule has 0 aliphatic heterocycles. The molecule has 2 rings (SSSR count). The molecule has 2 aromatic rings. The maximum absolute atomic E-state index is 9.14. The Morgan fingerprint density at radius 2 is 2.11 bits per heavy atom. The van der Waals surface area contributed by atoms with Gasteiger partial charge in [0, 0.05) is 0 Å². The average molecular weight is 266 g/mol. The highest BCUT2D eigenvalue weighted by Gasteiger charge is 2.09. The zero-order chi connectivity index (χ0) is 12.8. The summed E-state index contributed by atoms with van der Waals surface area (Å²) in [5.74, 6) is 1.05. The molecule has 0 aliphatic carbocycles. The Morgan fingerprint density at radius 3 is 2.89 bits per heavy atom. The van der Waals surface area contributed by atoms with Crippen LogP contribution in [0.3, 0.4) is 0 Å². The summed E-state index contributed by atoms with van der Waals surface area (Å²) in [6.07, 6.45) is 8.14. The number of aliphatic hydroxyl groups excluding tert-OH is 1. The number of hydrogen-bond acceptors (Lipinski definition) is 5. The zero-order valence-corrected chi connectivity index (χ0v) is 11.4. The van der Waals surface area contributed by atoms with E-state index in [1.165, 1.54) is 32.0 Å². The van der Waals surface area contributed by atoms with Crippen LogP contribution in [0.25, 0.3) is 11.2 Å². The number of fused-ring (bicyclic) bond motifs is 1.